The molecule has 0 saturated heterocycles. The van der Waals surface area contributed by atoms with Crippen molar-refractivity contribution in [2.45, 2.75) is 32.9 Å². The molecule has 5 nitrogen and oxygen atoms in total. The fourth-order valence-corrected chi connectivity index (χ4v) is 2.43. The van der Waals surface area contributed by atoms with Gasteiger partial charge in [-0.3, -0.25) is 4.90 Å². The third-order valence-electron chi connectivity index (χ3n) is 3.06. The molecule has 1 heterocycles. The Hall–Kier alpha value is -1.75. The Labute approximate surface area is 118 Å². The van der Waals surface area contributed by atoms with Crippen LogP contribution in [0.2, 0.25) is 5.02 Å². The highest BCUT2D eigenvalue weighted by Crippen LogP contribution is 2.32. The third-order valence-corrected chi connectivity index (χ3v) is 3.30. The van der Waals surface area contributed by atoms with Gasteiger partial charge in [0, 0.05) is 5.02 Å². The average molecular weight is 280 g/mol. The summed E-state index contributed by atoms with van der Waals surface area (Å²) in [5.41, 5.74) is 13.1. The van der Waals surface area contributed by atoms with Gasteiger partial charge in [-0.2, -0.15) is 4.99 Å². The Balaban J connectivity index is 2.58. The SMILES string of the molecule is CCc1ccc(Cl)cc1N1C(N)=NC(N)=NC1(C)C. The molecule has 6 heteroatoms. The van der Waals surface area contributed by atoms with Gasteiger partial charge in [-0.15, -0.1) is 0 Å². The molecule has 0 aliphatic carbocycles. The Bertz CT molecular complexity index is 562. The quantitative estimate of drug-likeness (QED) is 0.870. The highest BCUT2D eigenvalue weighted by Gasteiger charge is 2.34. The van der Waals surface area contributed by atoms with Crippen LogP contribution in [0.25, 0.3) is 0 Å². The monoisotopic (exact) mass is 279 g/mol. The highest BCUT2D eigenvalue weighted by atomic mass is 35.5. The molecule has 1 aromatic carbocycles. The Morgan fingerprint density at radius 3 is 2.58 bits per heavy atom. The van der Waals surface area contributed by atoms with Crippen LogP contribution in [0.5, 0.6) is 0 Å². The van der Waals surface area contributed by atoms with E-state index >= 15 is 0 Å². The molecular formula is C13H18ClN5. The lowest BCUT2D eigenvalue weighted by molar-refractivity contribution is 0.532. The molecule has 0 unspecified atom stereocenters. The Morgan fingerprint density at radius 1 is 1.32 bits per heavy atom. The second-order valence-electron chi connectivity index (χ2n) is 4.90. The van der Waals surface area contributed by atoms with Gasteiger partial charge >= 0.3 is 0 Å². The summed E-state index contributed by atoms with van der Waals surface area (Å²) in [6, 6.07) is 5.73. The lowest BCUT2D eigenvalue weighted by Crippen LogP contribution is -2.54. The molecule has 1 aliphatic heterocycles. The van der Waals surface area contributed by atoms with Crippen molar-refractivity contribution >= 4 is 29.2 Å². The van der Waals surface area contributed by atoms with E-state index in [4.69, 9.17) is 23.1 Å². The Morgan fingerprint density at radius 2 is 2.00 bits per heavy atom. The van der Waals surface area contributed by atoms with E-state index in [2.05, 4.69) is 16.9 Å². The predicted octanol–water partition coefficient (Wildman–Crippen LogP) is 2.09. The number of halogens is 1. The number of aliphatic imine (C=N–C) groups is 2. The first-order valence-electron chi connectivity index (χ1n) is 6.13. The minimum Gasteiger partial charge on any atom is -0.369 e. The first-order valence-corrected chi connectivity index (χ1v) is 6.51. The van der Waals surface area contributed by atoms with Crippen LogP contribution in [0, 0.1) is 0 Å². The van der Waals surface area contributed by atoms with Gasteiger partial charge in [-0.25, -0.2) is 4.99 Å². The maximum Gasteiger partial charge on any atom is 0.220 e. The van der Waals surface area contributed by atoms with Crippen LogP contribution in [0.15, 0.2) is 28.2 Å². The summed E-state index contributed by atoms with van der Waals surface area (Å²) in [4.78, 5) is 10.2. The molecule has 1 aliphatic rings. The molecule has 0 amide bonds. The summed E-state index contributed by atoms with van der Waals surface area (Å²) in [7, 11) is 0. The van der Waals surface area contributed by atoms with E-state index in [1.165, 1.54) is 0 Å². The van der Waals surface area contributed by atoms with Crippen LogP contribution in [-0.2, 0) is 6.42 Å². The molecule has 2 rings (SSSR count). The normalized spacial score (nSPS) is 18.0. The number of benzene rings is 1. The summed E-state index contributed by atoms with van der Waals surface area (Å²) in [6.07, 6.45) is 0.867. The lowest BCUT2D eigenvalue weighted by Gasteiger charge is -2.39. The zero-order valence-corrected chi connectivity index (χ0v) is 12.1. The van der Waals surface area contributed by atoms with Crippen LogP contribution in [-0.4, -0.2) is 17.6 Å². The van der Waals surface area contributed by atoms with E-state index in [-0.39, 0.29) is 5.96 Å². The maximum absolute atomic E-state index is 6.09. The van der Waals surface area contributed by atoms with Crippen molar-refractivity contribution in [2.75, 3.05) is 4.90 Å². The number of anilines is 1. The van der Waals surface area contributed by atoms with E-state index in [9.17, 15) is 0 Å². The minimum absolute atomic E-state index is 0.193. The second-order valence-corrected chi connectivity index (χ2v) is 5.33. The average Bonchev–Trinajstić information content (AvgIpc) is 2.26. The number of hydrogen-bond donors (Lipinski definition) is 2. The van der Waals surface area contributed by atoms with Crippen molar-refractivity contribution < 1.29 is 0 Å². The molecule has 102 valence electrons. The molecule has 0 aromatic heterocycles. The number of guanidine groups is 2. The van der Waals surface area contributed by atoms with Crippen LogP contribution >= 0.6 is 11.6 Å². The van der Waals surface area contributed by atoms with Crippen molar-refractivity contribution in [3.63, 3.8) is 0 Å². The van der Waals surface area contributed by atoms with Crippen molar-refractivity contribution in [1.82, 2.24) is 0 Å². The predicted molar refractivity (Wildman–Crippen MR) is 80.6 cm³/mol. The number of rotatable bonds is 2. The first-order chi connectivity index (χ1) is 8.85. The third kappa shape index (κ3) is 2.51. The molecular weight excluding hydrogens is 262 g/mol. The van der Waals surface area contributed by atoms with Gasteiger partial charge in [0.05, 0.1) is 5.69 Å². The van der Waals surface area contributed by atoms with E-state index in [0.29, 0.717) is 11.0 Å². The highest BCUT2D eigenvalue weighted by molar-refractivity contribution is 6.31. The summed E-state index contributed by atoms with van der Waals surface area (Å²) in [5, 5.41) is 0.651. The smallest absolute Gasteiger partial charge is 0.220 e. The van der Waals surface area contributed by atoms with E-state index in [0.717, 1.165) is 17.7 Å². The van der Waals surface area contributed by atoms with Crippen LogP contribution < -0.4 is 16.4 Å². The van der Waals surface area contributed by atoms with Crippen molar-refractivity contribution in [2.24, 2.45) is 21.5 Å². The van der Waals surface area contributed by atoms with E-state index in [1.807, 2.05) is 36.9 Å². The summed E-state index contributed by atoms with van der Waals surface area (Å²) in [6.45, 7) is 5.94. The molecule has 0 atom stereocenters. The molecule has 0 spiro atoms. The van der Waals surface area contributed by atoms with Crippen molar-refractivity contribution in [3.05, 3.63) is 28.8 Å². The Kier molecular flexibility index (Phi) is 3.41. The summed E-state index contributed by atoms with van der Waals surface area (Å²) in [5.74, 6) is 0.522. The van der Waals surface area contributed by atoms with Crippen LogP contribution in [0.1, 0.15) is 26.3 Å². The molecule has 0 fully saturated rings. The fourth-order valence-electron chi connectivity index (χ4n) is 2.27. The van der Waals surface area contributed by atoms with Gasteiger partial charge in [0.25, 0.3) is 0 Å². The van der Waals surface area contributed by atoms with E-state index in [1.54, 1.807) is 0 Å². The van der Waals surface area contributed by atoms with E-state index < -0.39 is 5.66 Å². The summed E-state index contributed by atoms with van der Waals surface area (Å²) < 4.78 is 0. The minimum atomic E-state index is -0.593. The van der Waals surface area contributed by atoms with Gasteiger partial charge in [0.15, 0.2) is 0 Å². The van der Waals surface area contributed by atoms with Gasteiger partial charge < -0.3 is 11.5 Å². The standard InChI is InChI=1S/C13H18ClN5/c1-4-8-5-6-9(14)7-10(8)19-12(16)17-11(15)18-13(19,2)3/h5-7H,4H2,1-3H3,(H4,15,16,17,18). The molecule has 19 heavy (non-hydrogen) atoms. The second kappa shape index (κ2) is 4.74. The molecule has 0 bridgehead atoms. The first kappa shape index (κ1) is 13.7. The fraction of sp³-hybridized carbons (Fsp3) is 0.385. The molecule has 4 N–H and O–H groups in total. The van der Waals surface area contributed by atoms with Crippen molar-refractivity contribution in [3.8, 4) is 0 Å². The number of nitrogens with zero attached hydrogens (tertiary/aromatic N) is 3. The molecule has 0 radical (unpaired) electrons. The number of aryl methyl sites for hydroxylation is 1. The molecule has 0 saturated carbocycles. The largest absolute Gasteiger partial charge is 0.369 e. The number of nitrogens with two attached hydrogens (primary N) is 2. The lowest BCUT2D eigenvalue weighted by atomic mass is 10.1. The summed E-state index contributed by atoms with van der Waals surface area (Å²) >= 11 is 6.09. The molecule has 1 aromatic rings. The van der Waals surface area contributed by atoms with Gasteiger partial charge in [-0.1, -0.05) is 24.6 Å². The topological polar surface area (TPSA) is 80.0 Å². The van der Waals surface area contributed by atoms with Crippen LogP contribution in [0.4, 0.5) is 5.69 Å². The zero-order chi connectivity index (χ0) is 14.2. The van der Waals surface area contributed by atoms with Gasteiger partial charge in [0.2, 0.25) is 11.9 Å². The van der Waals surface area contributed by atoms with Gasteiger partial charge in [0.1, 0.15) is 5.66 Å². The van der Waals surface area contributed by atoms with Gasteiger partial charge in [-0.05, 0) is 38.0 Å². The van der Waals surface area contributed by atoms with Crippen LogP contribution in [0.3, 0.4) is 0 Å². The van der Waals surface area contributed by atoms with Crippen molar-refractivity contribution in [1.29, 1.82) is 0 Å². The maximum atomic E-state index is 6.09. The zero-order valence-electron chi connectivity index (χ0n) is 11.3. The number of hydrogen-bond acceptors (Lipinski definition) is 5.